The van der Waals surface area contributed by atoms with Gasteiger partial charge < -0.3 is 15.1 Å². The van der Waals surface area contributed by atoms with E-state index in [9.17, 15) is 14.0 Å². The lowest BCUT2D eigenvalue weighted by atomic mass is 10.1. The molecule has 1 amide bonds. The highest BCUT2D eigenvalue weighted by atomic mass is 19.1. The first-order chi connectivity index (χ1) is 9.71. The van der Waals surface area contributed by atoms with Crippen molar-refractivity contribution in [3.05, 3.63) is 41.2 Å². The van der Waals surface area contributed by atoms with Crippen LogP contribution in [0.1, 0.15) is 26.3 Å². The molecule has 0 aromatic heterocycles. The first kappa shape index (κ1) is 16.5. The molecular formula is C14H16FN3O3. The van der Waals surface area contributed by atoms with E-state index in [0.717, 1.165) is 0 Å². The van der Waals surface area contributed by atoms with Crippen molar-refractivity contribution in [3.8, 4) is 0 Å². The van der Waals surface area contributed by atoms with Crippen molar-refractivity contribution >= 4 is 17.7 Å². The van der Waals surface area contributed by atoms with Crippen molar-refractivity contribution in [2.24, 2.45) is 0 Å². The number of carbonyl (C=O) groups is 2. The van der Waals surface area contributed by atoms with Crippen LogP contribution in [0.15, 0.2) is 24.3 Å². The molecule has 0 fully saturated rings. The number of benzene rings is 1. The van der Waals surface area contributed by atoms with Crippen LogP contribution in [0, 0.1) is 5.82 Å². The molecule has 1 aromatic carbocycles. The zero-order chi connectivity index (χ0) is 16.0. The molecule has 0 aliphatic heterocycles. The largest absolute Gasteiger partial charge is 0.506 e. The summed E-state index contributed by atoms with van der Waals surface area (Å²) in [5, 5.41) is 2.07. The average Bonchev–Trinajstić information content (AvgIpc) is 2.36. The minimum Gasteiger partial charge on any atom is -0.497 e. The fraction of sp³-hybridized carbons (Fsp3) is 0.357. The van der Waals surface area contributed by atoms with Crippen LogP contribution in [-0.2, 0) is 16.0 Å². The topological polar surface area (TPSA) is 91.8 Å². The zero-order valence-corrected chi connectivity index (χ0v) is 12.0. The van der Waals surface area contributed by atoms with Gasteiger partial charge in [0.15, 0.2) is 0 Å². The van der Waals surface area contributed by atoms with Gasteiger partial charge in [-0.15, -0.1) is 0 Å². The third-order valence-corrected chi connectivity index (χ3v) is 2.26. The predicted molar refractivity (Wildman–Crippen MR) is 73.1 cm³/mol. The number of rotatable bonds is 3. The number of ether oxygens (including phenoxy) is 1. The Morgan fingerprint density at radius 1 is 1.29 bits per heavy atom. The Hall–Kier alpha value is -2.53. The molecule has 0 atom stereocenters. The average molecular weight is 293 g/mol. The van der Waals surface area contributed by atoms with Gasteiger partial charge in [0.2, 0.25) is 0 Å². The minimum absolute atomic E-state index is 0.143. The van der Waals surface area contributed by atoms with Gasteiger partial charge in [0.25, 0.3) is 5.78 Å². The van der Waals surface area contributed by atoms with Crippen molar-refractivity contribution in [1.82, 2.24) is 5.32 Å². The van der Waals surface area contributed by atoms with Crippen molar-refractivity contribution in [2.45, 2.75) is 32.8 Å². The Kier molecular flexibility index (Phi) is 5.32. The third-order valence-electron chi connectivity index (χ3n) is 2.26. The molecule has 0 bridgehead atoms. The highest BCUT2D eigenvalue weighted by molar-refractivity contribution is 6.39. The number of hydrogen-bond acceptors (Lipinski definition) is 3. The molecule has 21 heavy (non-hydrogen) atoms. The lowest BCUT2D eigenvalue weighted by Gasteiger charge is -2.16. The molecule has 0 saturated heterocycles. The maximum absolute atomic E-state index is 12.8. The molecule has 0 aliphatic carbocycles. The molecule has 112 valence electrons. The van der Waals surface area contributed by atoms with Crippen LogP contribution >= 0.6 is 0 Å². The number of alkyl carbamates (subject to hydrolysis) is 1. The van der Waals surface area contributed by atoms with Gasteiger partial charge in [0.05, 0.1) is 0 Å². The molecule has 0 aliphatic rings. The summed E-state index contributed by atoms with van der Waals surface area (Å²) in [6.07, 6.45) is -1.04. The first-order valence-electron chi connectivity index (χ1n) is 6.21. The number of carbonyl (C=O) groups excluding carboxylic acids is 2. The van der Waals surface area contributed by atoms with Crippen molar-refractivity contribution in [1.29, 1.82) is 0 Å². The van der Waals surface area contributed by atoms with Crippen LogP contribution in [0.5, 0.6) is 0 Å². The van der Waals surface area contributed by atoms with E-state index in [-0.39, 0.29) is 6.42 Å². The Balaban J connectivity index is 2.68. The highest BCUT2D eigenvalue weighted by Gasteiger charge is 2.27. The van der Waals surface area contributed by atoms with Gasteiger partial charge in [-0.3, -0.25) is 4.79 Å². The van der Waals surface area contributed by atoms with E-state index in [4.69, 9.17) is 10.3 Å². The fourth-order valence-electron chi connectivity index (χ4n) is 1.42. The Morgan fingerprint density at radius 2 is 1.86 bits per heavy atom. The SMILES string of the molecule is CC(C)(C)OC(=O)NC(=[N+]=[N-])C(=O)Cc1ccc(F)cc1. The van der Waals surface area contributed by atoms with E-state index in [2.05, 4.69) is 10.1 Å². The summed E-state index contributed by atoms with van der Waals surface area (Å²) < 4.78 is 17.7. The molecule has 1 aromatic rings. The van der Waals surface area contributed by atoms with Crippen LogP contribution in [0.4, 0.5) is 9.18 Å². The maximum Gasteiger partial charge on any atom is 0.506 e. The van der Waals surface area contributed by atoms with E-state index in [1.165, 1.54) is 24.3 Å². The lowest BCUT2D eigenvalue weighted by Crippen LogP contribution is -2.41. The van der Waals surface area contributed by atoms with Crippen molar-refractivity contribution in [3.63, 3.8) is 0 Å². The van der Waals surface area contributed by atoms with E-state index >= 15 is 0 Å². The fourth-order valence-corrected chi connectivity index (χ4v) is 1.42. The van der Waals surface area contributed by atoms with Crippen LogP contribution in [0.25, 0.3) is 5.53 Å². The van der Waals surface area contributed by atoms with Gasteiger partial charge >= 0.3 is 11.9 Å². The molecule has 0 unspecified atom stereocenters. The summed E-state index contributed by atoms with van der Waals surface area (Å²) in [7, 11) is 0. The summed E-state index contributed by atoms with van der Waals surface area (Å²) >= 11 is 0. The zero-order valence-electron chi connectivity index (χ0n) is 12.0. The first-order valence-corrected chi connectivity index (χ1v) is 6.21. The van der Waals surface area contributed by atoms with Crippen LogP contribution in [0.2, 0.25) is 0 Å². The van der Waals surface area contributed by atoms with E-state index < -0.39 is 29.1 Å². The molecular weight excluding hydrogens is 277 g/mol. The maximum atomic E-state index is 12.8. The number of halogens is 1. The van der Waals surface area contributed by atoms with Crippen molar-refractivity contribution < 1.29 is 23.5 Å². The minimum atomic E-state index is -0.900. The van der Waals surface area contributed by atoms with E-state index in [0.29, 0.717) is 5.56 Å². The van der Waals surface area contributed by atoms with Gasteiger partial charge in [0.1, 0.15) is 11.4 Å². The molecule has 6 nitrogen and oxygen atoms in total. The number of ketones is 1. The highest BCUT2D eigenvalue weighted by Crippen LogP contribution is 2.07. The monoisotopic (exact) mass is 293 g/mol. The standard InChI is InChI=1S/C14H16FN3O3/c1-14(2,3)21-13(20)17-12(18-16)11(19)8-9-4-6-10(15)7-5-9/h4-7H,8H2,1-3H3,(H,17,20). The summed E-state index contributed by atoms with van der Waals surface area (Å²) in [4.78, 5) is 26.1. The van der Waals surface area contributed by atoms with Gasteiger partial charge in [-0.25, -0.2) is 4.39 Å². The summed E-state index contributed by atoms with van der Waals surface area (Å²) in [5.41, 5.74) is 8.58. The second-order valence-corrected chi connectivity index (χ2v) is 5.30. The Bertz CT molecular complexity index is 584. The summed E-state index contributed by atoms with van der Waals surface area (Å²) in [6, 6.07) is 5.27. The summed E-state index contributed by atoms with van der Waals surface area (Å²) in [5.74, 6) is -1.59. The van der Waals surface area contributed by atoms with Crippen molar-refractivity contribution in [2.75, 3.05) is 0 Å². The molecule has 0 spiro atoms. The van der Waals surface area contributed by atoms with Gasteiger partial charge in [-0.1, -0.05) is 12.1 Å². The summed E-state index contributed by atoms with van der Waals surface area (Å²) in [6.45, 7) is 4.97. The van der Waals surface area contributed by atoms with E-state index in [1.807, 2.05) is 0 Å². The Morgan fingerprint density at radius 3 is 2.33 bits per heavy atom. The molecule has 0 radical (unpaired) electrons. The second-order valence-electron chi connectivity index (χ2n) is 5.30. The number of nitrogens with zero attached hydrogens (tertiary/aromatic N) is 2. The van der Waals surface area contributed by atoms with Gasteiger partial charge in [-0.2, -0.15) is 10.1 Å². The number of nitrogens with one attached hydrogen (secondary N) is 1. The van der Waals surface area contributed by atoms with Gasteiger partial charge in [-0.05, 0) is 38.5 Å². The quantitative estimate of drug-likeness (QED) is 0.400. The number of hydrogen-bond donors (Lipinski definition) is 1. The van der Waals surface area contributed by atoms with Crippen LogP contribution in [-0.4, -0.2) is 28.1 Å². The number of amidine groups is 1. The Labute approximate surface area is 121 Å². The van der Waals surface area contributed by atoms with Gasteiger partial charge in [0, 0.05) is 6.42 Å². The second kappa shape index (κ2) is 6.76. The van der Waals surface area contributed by atoms with E-state index in [1.54, 1.807) is 20.8 Å². The van der Waals surface area contributed by atoms with Crippen LogP contribution in [0.3, 0.4) is 0 Å². The molecule has 1 N–H and O–H groups in total. The van der Waals surface area contributed by atoms with Crippen LogP contribution < -0.4 is 5.32 Å². The molecule has 0 heterocycles. The molecule has 7 heteroatoms. The normalized spacial score (nSPS) is 10.5. The predicted octanol–water partition coefficient (Wildman–Crippen LogP) is 2.09. The number of amides is 1. The third kappa shape index (κ3) is 5.97. The lowest BCUT2D eigenvalue weighted by molar-refractivity contribution is -0.117. The number of Topliss-reactive ketones (excluding diaryl/α,β-unsaturated/α-hetero) is 1. The smallest absolute Gasteiger partial charge is 0.497 e. The molecule has 1 rings (SSSR count). The molecule has 0 saturated carbocycles.